The van der Waals surface area contributed by atoms with Gasteiger partial charge >= 0.3 is 6.01 Å². The van der Waals surface area contributed by atoms with Crippen LogP contribution in [-0.4, -0.2) is 37.7 Å². The molecule has 2 aromatic heterocycles. The SMILES string of the molecule is Cc1nc(CCNc2nc(NN)nc(OC(C)C)n2)no1. The Bertz CT molecular complexity index is 585. The number of hydrogen-bond acceptors (Lipinski definition) is 10. The minimum Gasteiger partial charge on any atom is -0.461 e. The van der Waals surface area contributed by atoms with Crippen LogP contribution in [0, 0.1) is 6.92 Å². The van der Waals surface area contributed by atoms with E-state index < -0.39 is 0 Å². The van der Waals surface area contributed by atoms with Gasteiger partial charge in [-0.1, -0.05) is 5.16 Å². The van der Waals surface area contributed by atoms with E-state index in [2.05, 4.69) is 35.8 Å². The standard InChI is InChI=1S/C11H18N8O2/c1-6(2)20-11-16-9(15-10(17-11)18-12)13-5-4-8-14-7(3)21-19-8/h6H,4-5,12H2,1-3H3,(H2,13,15,16,17,18). The van der Waals surface area contributed by atoms with Crippen molar-refractivity contribution < 1.29 is 9.26 Å². The maximum Gasteiger partial charge on any atom is 0.323 e. The van der Waals surface area contributed by atoms with Crippen LogP contribution < -0.4 is 21.3 Å². The topological polar surface area (TPSA) is 137 Å². The van der Waals surface area contributed by atoms with Crippen LogP contribution in [-0.2, 0) is 6.42 Å². The van der Waals surface area contributed by atoms with Gasteiger partial charge in [-0.15, -0.1) is 0 Å². The molecule has 21 heavy (non-hydrogen) atoms. The van der Waals surface area contributed by atoms with E-state index >= 15 is 0 Å². The molecule has 4 N–H and O–H groups in total. The van der Waals surface area contributed by atoms with Gasteiger partial charge in [0.05, 0.1) is 6.10 Å². The lowest BCUT2D eigenvalue weighted by atomic mass is 10.4. The molecule has 2 aromatic rings. The third kappa shape index (κ3) is 4.53. The summed E-state index contributed by atoms with van der Waals surface area (Å²) in [5, 5.41) is 6.83. The molecule has 0 unspecified atom stereocenters. The predicted octanol–water partition coefficient (Wildman–Crippen LogP) is 0.290. The number of rotatable bonds is 7. The second-order valence-corrected chi connectivity index (χ2v) is 4.48. The molecule has 0 bridgehead atoms. The lowest BCUT2D eigenvalue weighted by Crippen LogP contribution is -2.17. The third-order valence-corrected chi connectivity index (χ3v) is 2.29. The summed E-state index contributed by atoms with van der Waals surface area (Å²) in [6.07, 6.45) is 0.530. The predicted molar refractivity (Wildman–Crippen MR) is 74.6 cm³/mol. The lowest BCUT2D eigenvalue weighted by Gasteiger charge is -2.10. The summed E-state index contributed by atoms with van der Waals surface area (Å²) in [6.45, 7) is 6.04. The summed E-state index contributed by atoms with van der Waals surface area (Å²) in [5.74, 6) is 7.05. The fourth-order valence-corrected chi connectivity index (χ4v) is 1.49. The van der Waals surface area contributed by atoms with Crippen molar-refractivity contribution in [3.05, 3.63) is 11.7 Å². The molecule has 2 rings (SSSR count). The Kier molecular flexibility index (Phi) is 4.82. The van der Waals surface area contributed by atoms with E-state index in [1.807, 2.05) is 13.8 Å². The first-order valence-electron chi connectivity index (χ1n) is 6.49. The van der Waals surface area contributed by atoms with Crippen LogP contribution >= 0.6 is 0 Å². The molecule has 0 aliphatic rings. The number of aromatic nitrogens is 5. The number of hydrogen-bond donors (Lipinski definition) is 3. The molecule has 0 fully saturated rings. The fourth-order valence-electron chi connectivity index (χ4n) is 1.49. The van der Waals surface area contributed by atoms with Crippen molar-refractivity contribution in [2.75, 3.05) is 17.3 Å². The summed E-state index contributed by atoms with van der Waals surface area (Å²) in [7, 11) is 0. The first-order valence-corrected chi connectivity index (χ1v) is 6.49. The molecule has 0 saturated carbocycles. The van der Waals surface area contributed by atoms with Crippen molar-refractivity contribution in [2.45, 2.75) is 33.3 Å². The summed E-state index contributed by atoms with van der Waals surface area (Å²) >= 11 is 0. The van der Waals surface area contributed by atoms with Gasteiger partial charge in [-0.05, 0) is 13.8 Å². The van der Waals surface area contributed by atoms with Gasteiger partial charge in [0.15, 0.2) is 5.82 Å². The van der Waals surface area contributed by atoms with Crippen molar-refractivity contribution in [2.24, 2.45) is 5.84 Å². The Labute approximate surface area is 121 Å². The second-order valence-electron chi connectivity index (χ2n) is 4.48. The Morgan fingerprint density at radius 3 is 2.57 bits per heavy atom. The van der Waals surface area contributed by atoms with E-state index in [-0.39, 0.29) is 18.1 Å². The van der Waals surface area contributed by atoms with Crippen LogP contribution in [0.4, 0.5) is 11.9 Å². The maximum absolute atomic E-state index is 5.43. The second kappa shape index (κ2) is 6.79. The minimum atomic E-state index is -0.0480. The number of nitrogen functional groups attached to an aromatic ring is 1. The molecule has 0 aliphatic heterocycles. The van der Waals surface area contributed by atoms with Gasteiger partial charge in [-0.3, -0.25) is 5.43 Å². The lowest BCUT2D eigenvalue weighted by molar-refractivity contribution is 0.222. The Hall–Kier alpha value is -2.49. The van der Waals surface area contributed by atoms with Crippen molar-refractivity contribution in [1.82, 2.24) is 25.1 Å². The van der Waals surface area contributed by atoms with Crippen LogP contribution in [0.5, 0.6) is 6.01 Å². The molecular formula is C11H18N8O2. The van der Waals surface area contributed by atoms with Gasteiger partial charge in [0.2, 0.25) is 17.8 Å². The minimum absolute atomic E-state index is 0.0480. The molecule has 0 atom stereocenters. The molecule has 0 aromatic carbocycles. The summed E-state index contributed by atoms with van der Waals surface area (Å²) < 4.78 is 10.3. The summed E-state index contributed by atoms with van der Waals surface area (Å²) in [4.78, 5) is 16.3. The van der Waals surface area contributed by atoms with Gasteiger partial charge in [0.25, 0.3) is 0 Å². The molecule has 0 aliphatic carbocycles. The molecule has 10 nitrogen and oxygen atoms in total. The summed E-state index contributed by atoms with van der Waals surface area (Å²) in [6, 6.07) is 0.200. The van der Waals surface area contributed by atoms with E-state index in [0.29, 0.717) is 30.6 Å². The number of hydrazine groups is 1. The molecule has 0 amide bonds. The van der Waals surface area contributed by atoms with E-state index in [1.165, 1.54) is 0 Å². The number of nitrogens with zero attached hydrogens (tertiary/aromatic N) is 5. The van der Waals surface area contributed by atoms with E-state index in [1.54, 1.807) is 6.92 Å². The highest BCUT2D eigenvalue weighted by atomic mass is 16.5. The van der Waals surface area contributed by atoms with Crippen LogP contribution in [0.1, 0.15) is 25.6 Å². The molecule has 0 spiro atoms. The van der Waals surface area contributed by atoms with Gasteiger partial charge in [-0.25, -0.2) is 5.84 Å². The first kappa shape index (κ1) is 14.9. The number of ether oxygens (including phenoxy) is 1. The smallest absolute Gasteiger partial charge is 0.323 e. The molecule has 0 radical (unpaired) electrons. The third-order valence-electron chi connectivity index (χ3n) is 2.29. The maximum atomic E-state index is 5.43. The molecule has 10 heteroatoms. The average Bonchev–Trinajstić information content (AvgIpc) is 2.83. The largest absolute Gasteiger partial charge is 0.461 e. The van der Waals surface area contributed by atoms with Crippen LogP contribution in [0.3, 0.4) is 0 Å². The quantitative estimate of drug-likeness (QED) is 0.482. The van der Waals surface area contributed by atoms with Gasteiger partial charge in [-0.2, -0.15) is 19.9 Å². The number of anilines is 2. The fraction of sp³-hybridized carbons (Fsp3) is 0.545. The van der Waals surface area contributed by atoms with Crippen LogP contribution in [0.2, 0.25) is 0 Å². The Balaban J connectivity index is 1.97. The zero-order valence-electron chi connectivity index (χ0n) is 12.1. The number of nitrogens with one attached hydrogen (secondary N) is 2. The number of nitrogens with two attached hydrogens (primary N) is 1. The zero-order chi connectivity index (χ0) is 15.2. The Morgan fingerprint density at radius 1 is 1.19 bits per heavy atom. The Morgan fingerprint density at radius 2 is 1.95 bits per heavy atom. The van der Waals surface area contributed by atoms with Crippen molar-refractivity contribution >= 4 is 11.9 Å². The molecular weight excluding hydrogens is 276 g/mol. The molecule has 114 valence electrons. The van der Waals surface area contributed by atoms with Gasteiger partial charge < -0.3 is 14.6 Å². The van der Waals surface area contributed by atoms with Crippen molar-refractivity contribution in [3.63, 3.8) is 0 Å². The molecule has 2 heterocycles. The van der Waals surface area contributed by atoms with Gasteiger partial charge in [0, 0.05) is 19.9 Å². The summed E-state index contributed by atoms with van der Waals surface area (Å²) in [5.41, 5.74) is 2.37. The molecule has 0 saturated heterocycles. The van der Waals surface area contributed by atoms with Crippen LogP contribution in [0.15, 0.2) is 4.52 Å². The normalized spacial score (nSPS) is 10.7. The van der Waals surface area contributed by atoms with E-state index in [4.69, 9.17) is 15.1 Å². The van der Waals surface area contributed by atoms with Crippen molar-refractivity contribution in [3.8, 4) is 6.01 Å². The highest BCUT2D eigenvalue weighted by molar-refractivity contribution is 5.34. The average molecular weight is 294 g/mol. The number of aryl methyl sites for hydroxylation is 1. The van der Waals surface area contributed by atoms with Crippen molar-refractivity contribution in [1.29, 1.82) is 0 Å². The van der Waals surface area contributed by atoms with Gasteiger partial charge in [0.1, 0.15) is 0 Å². The van der Waals surface area contributed by atoms with E-state index in [9.17, 15) is 0 Å². The highest BCUT2D eigenvalue weighted by Crippen LogP contribution is 2.11. The van der Waals surface area contributed by atoms with E-state index in [0.717, 1.165) is 0 Å². The zero-order valence-corrected chi connectivity index (χ0v) is 12.1. The first-order chi connectivity index (χ1) is 10.1. The van der Waals surface area contributed by atoms with Crippen LogP contribution in [0.25, 0.3) is 0 Å². The highest BCUT2D eigenvalue weighted by Gasteiger charge is 2.09. The monoisotopic (exact) mass is 294 g/mol.